The van der Waals surface area contributed by atoms with Gasteiger partial charge in [0.2, 0.25) is 0 Å². The maximum Gasteiger partial charge on any atom is 0.193 e. The fourth-order valence-corrected chi connectivity index (χ4v) is 2.50. The molecule has 0 saturated carbocycles. The highest BCUT2D eigenvalue weighted by molar-refractivity contribution is 7.99. The zero-order chi connectivity index (χ0) is 13.3. The zero-order valence-electron chi connectivity index (χ0n) is 10.4. The predicted octanol–water partition coefficient (Wildman–Crippen LogP) is 1.26. The normalized spacial score (nSPS) is 10.6. The monoisotopic (exact) mass is 262 g/mol. The maximum atomic E-state index is 7.60. The van der Waals surface area contributed by atoms with E-state index in [1.165, 1.54) is 11.8 Å². The van der Waals surface area contributed by atoms with Crippen LogP contribution in [0.15, 0.2) is 22.6 Å². The van der Waals surface area contributed by atoms with Crippen LogP contribution in [0.25, 0.3) is 0 Å². The standard InChI is InChI=1S/C11H14N6S/c1-6-4-14-11(15-5-6)18-10-8(9(12)13)7(2)16-17(10)3/h4-5H,1-3H3,(H3,12,13). The molecular weight excluding hydrogens is 248 g/mol. The second kappa shape index (κ2) is 4.77. The number of aromatic nitrogens is 4. The van der Waals surface area contributed by atoms with Crippen LogP contribution in [0.1, 0.15) is 16.8 Å². The molecule has 2 aromatic rings. The third kappa shape index (κ3) is 2.35. The van der Waals surface area contributed by atoms with Gasteiger partial charge in [0.25, 0.3) is 0 Å². The summed E-state index contributed by atoms with van der Waals surface area (Å²) in [7, 11) is 1.82. The molecule has 0 bridgehead atoms. The van der Waals surface area contributed by atoms with Crippen molar-refractivity contribution in [2.75, 3.05) is 0 Å². The number of amidine groups is 1. The lowest BCUT2D eigenvalue weighted by Crippen LogP contribution is -2.13. The fraction of sp³-hybridized carbons (Fsp3) is 0.273. The summed E-state index contributed by atoms with van der Waals surface area (Å²) in [5.41, 5.74) is 7.97. The first kappa shape index (κ1) is 12.6. The molecule has 0 unspecified atom stereocenters. The number of hydrogen-bond donors (Lipinski definition) is 2. The number of hydrogen-bond acceptors (Lipinski definition) is 5. The molecule has 7 heteroatoms. The van der Waals surface area contributed by atoms with Crippen LogP contribution in [0.3, 0.4) is 0 Å². The van der Waals surface area contributed by atoms with E-state index in [9.17, 15) is 0 Å². The van der Waals surface area contributed by atoms with Crippen LogP contribution >= 0.6 is 11.8 Å². The first-order valence-corrected chi connectivity index (χ1v) is 6.15. The lowest BCUT2D eigenvalue weighted by atomic mass is 10.2. The van der Waals surface area contributed by atoms with Crippen molar-refractivity contribution in [1.29, 1.82) is 5.41 Å². The van der Waals surface area contributed by atoms with E-state index in [0.29, 0.717) is 10.7 Å². The van der Waals surface area contributed by atoms with E-state index in [2.05, 4.69) is 15.1 Å². The molecule has 2 heterocycles. The highest BCUT2D eigenvalue weighted by Crippen LogP contribution is 2.28. The van der Waals surface area contributed by atoms with Crippen LogP contribution < -0.4 is 5.73 Å². The summed E-state index contributed by atoms with van der Waals surface area (Å²) < 4.78 is 1.69. The summed E-state index contributed by atoms with van der Waals surface area (Å²) in [4.78, 5) is 8.45. The van der Waals surface area contributed by atoms with E-state index < -0.39 is 0 Å². The lowest BCUT2D eigenvalue weighted by Gasteiger charge is -2.04. The third-order valence-corrected chi connectivity index (χ3v) is 3.44. The van der Waals surface area contributed by atoms with Crippen molar-refractivity contribution in [3.05, 3.63) is 29.2 Å². The Hall–Kier alpha value is -1.89. The molecule has 94 valence electrons. The van der Waals surface area contributed by atoms with Crippen LogP contribution in [0, 0.1) is 19.3 Å². The van der Waals surface area contributed by atoms with Crippen molar-refractivity contribution in [2.45, 2.75) is 24.0 Å². The first-order valence-electron chi connectivity index (χ1n) is 5.33. The quantitative estimate of drug-likeness (QED) is 0.493. The van der Waals surface area contributed by atoms with E-state index in [1.54, 1.807) is 17.1 Å². The van der Waals surface area contributed by atoms with Gasteiger partial charge in [0.05, 0.1) is 11.3 Å². The van der Waals surface area contributed by atoms with Gasteiger partial charge >= 0.3 is 0 Å². The van der Waals surface area contributed by atoms with Crippen LogP contribution in [-0.2, 0) is 7.05 Å². The van der Waals surface area contributed by atoms with Gasteiger partial charge in [0.1, 0.15) is 10.9 Å². The molecule has 0 spiro atoms. The summed E-state index contributed by atoms with van der Waals surface area (Å²) in [5, 5.41) is 13.3. The molecule has 0 aromatic carbocycles. The number of nitrogens with two attached hydrogens (primary N) is 1. The van der Waals surface area contributed by atoms with Crippen molar-refractivity contribution >= 4 is 17.6 Å². The van der Waals surface area contributed by atoms with E-state index in [1.807, 2.05) is 20.9 Å². The van der Waals surface area contributed by atoms with Gasteiger partial charge in [-0.05, 0) is 31.2 Å². The van der Waals surface area contributed by atoms with Crippen molar-refractivity contribution in [1.82, 2.24) is 19.7 Å². The van der Waals surface area contributed by atoms with E-state index in [0.717, 1.165) is 16.3 Å². The van der Waals surface area contributed by atoms with Crippen molar-refractivity contribution in [3.63, 3.8) is 0 Å². The molecule has 0 saturated heterocycles. The number of nitrogen functional groups attached to an aromatic ring is 1. The molecule has 3 N–H and O–H groups in total. The predicted molar refractivity (Wildman–Crippen MR) is 69.9 cm³/mol. The molecule has 0 aliphatic carbocycles. The maximum absolute atomic E-state index is 7.60. The average molecular weight is 262 g/mol. The van der Waals surface area contributed by atoms with E-state index in [4.69, 9.17) is 11.1 Å². The summed E-state index contributed by atoms with van der Waals surface area (Å²) in [6, 6.07) is 0. The number of aryl methyl sites for hydroxylation is 3. The zero-order valence-corrected chi connectivity index (χ0v) is 11.2. The Balaban J connectivity index is 2.39. The Labute approximate surface area is 109 Å². The summed E-state index contributed by atoms with van der Waals surface area (Å²) in [5.74, 6) is 0.00946. The van der Waals surface area contributed by atoms with Gasteiger partial charge < -0.3 is 5.73 Å². The Morgan fingerprint density at radius 1 is 1.33 bits per heavy atom. The molecule has 2 aromatic heterocycles. The molecule has 0 amide bonds. The van der Waals surface area contributed by atoms with Gasteiger partial charge in [-0.1, -0.05) is 0 Å². The highest BCUT2D eigenvalue weighted by atomic mass is 32.2. The number of nitrogens with one attached hydrogen (secondary N) is 1. The first-order chi connectivity index (χ1) is 8.49. The van der Waals surface area contributed by atoms with Gasteiger partial charge in [-0.25, -0.2) is 9.97 Å². The SMILES string of the molecule is Cc1cnc(Sc2c(C(=N)N)c(C)nn2C)nc1. The Kier molecular flexibility index (Phi) is 3.33. The average Bonchev–Trinajstić information content (AvgIpc) is 2.57. The minimum Gasteiger partial charge on any atom is -0.384 e. The molecule has 0 fully saturated rings. The Morgan fingerprint density at radius 2 is 1.94 bits per heavy atom. The van der Waals surface area contributed by atoms with Gasteiger partial charge in [0, 0.05) is 19.4 Å². The summed E-state index contributed by atoms with van der Waals surface area (Å²) in [6.45, 7) is 3.76. The van der Waals surface area contributed by atoms with Crippen molar-refractivity contribution in [3.8, 4) is 0 Å². The molecule has 0 atom stereocenters. The summed E-state index contributed by atoms with van der Waals surface area (Å²) >= 11 is 1.36. The van der Waals surface area contributed by atoms with Crippen LogP contribution in [0.4, 0.5) is 0 Å². The molecule has 18 heavy (non-hydrogen) atoms. The van der Waals surface area contributed by atoms with Crippen molar-refractivity contribution in [2.24, 2.45) is 12.8 Å². The largest absolute Gasteiger partial charge is 0.384 e. The minimum atomic E-state index is 0.00946. The lowest BCUT2D eigenvalue weighted by molar-refractivity contribution is 0.690. The second-order valence-corrected chi connectivity index (χ2v) is 4.90. The minimum absolute atomic E-state index is 0.00946. The number of rotatable bonds is 3. The summed E-state index contributed by atoms with van der Waals surface area (Å²) in [6.07, 6.45) is 3.51. The van der Waals surface area contributed by atoms with Gasteiger partial charge in [-0.2, -0.15) is 5.10 Å². The fourth-order valence-electron chi connectivity index (χ4n) is 1.58. The second-order valence-electron chi connectivity index (χ2n) is 3.95. The molecule has 0 aliphatic rings. The van der Waals surface area contributed by atoms with Gasteiger partial charge in [0.15, 0.2) is 5.16 Å². The number of nitrogens with zero attached hydrogens (tertiary/aromatic N) is 4. The highest BCUT2D eigenvalue weighted by Gasteiger charge is 2.17. The molecule has 2 rings (SSSR count). The third-order valence-electron chi connectivity index (χ3n) is 2.38. The van der Waals surface area contributed by atoms with E-state index in [-0.39, 0.29) is 5.84 Å². The molecule has 0 radical (unpaired) electrons. The van der Waals surface area contributed by atoms with Crippen LogP contribution in [-0.4, -0.2) is 25.6 Å². The van der Waals surface area contributed by atoms with Crippen molar-refractivity contribution < 1.29 is 0 Å². The van der Waals surface area contributed by atoms with Crippen LogP contribution in [0.5, 0.6) is 0 Å². The smallest absolute Gasteiger partial charge is 0.193 e. The van der Waals surface area contributed by atoms with Gasteiger partial charge in [-0.3, -0.25) is 10.1 Å². The molecule has 6 nitrogen and oxygen atoms in total. The van der Waals surface area contributed by atoms with E-state index >= 15 is 0 Å². The topological polar surface area (TPSA) is 93.5 Å². The van der Waals surface area contributed by atoms with Gasteiger partial charge in [-0.15, -0.1) is 0 Å². The molecule has 0 aliphatic heterocycles. The molecular formula is C11H14N6S. The Bertz CT molecular complexity index is 586. The van der Waals surface area contributed by atoms with Crippen LogP contribution in [0.2, 0.25) is 0 Å². The Morgan fingerprint density at radius 3 is 2.50 bits per heavy atom.